The molecule has 1 N–H and O–H groups in total. The molecule has 2 heterocycles. The molecule has 1 aromatic heterocycles. The minimum Gasteiger partial charge on any atom is -0.497 e. The van der Waals surface area contributed by atoms with Gasteiger partial charge in [0.1, 0.15) is 35.7 Å². The summed E-state index contributed by atoms with van der Waals surface area (Å²) in [5.74, 6) is 0.952. The van der Waals surface area contributed by atoms with Crippen LogP contribution in [0.15, 0.2) is 117 Å². The SMILES string of the molecule is COc1ccc([C@@H]2C(C(=O)Nc3ccccc3)=C(C)N=c3s/c(=C\c4ccc(OCc5ccc(F)cc5)c(Br)c4)c(=O)n32)c(OC)c1. The van der Waals surface area contributed by atoms with Gasteiger partial charge in [-0.05, 0) is 88.6 Å². The zero-order chi connectivity index (χ0) is 33.1. The van der Waals surface area contributed by atoms with Crippen LogP contribution in [0.1, 0.15) is 29.7 Å². The van der Waals surface area contributed by atoms with Gasteiger partial charge in [-0.3, -0.25) is 14.2 Å². The number of ether oxygens (including phenoxy) is 3. The Hall–Kier alpha value is -5.00. The minimum absolute atomic E-state index is 0.269. The van der Waals surface area contributed by atoms with Crippen LogP contribution in [0, 0.1) is 5.82 Å². The molecule has 0 radical (unpaired) electrons. The molecule has 6 rings (SSSR count). The summed E-state index contributed by atoms with van der Waals surface area (Å²) in [6.07, 6.45) is 1.78. The van der Waals surface area contributed by atoms with Gasteiger partial charge in [0.15, 0.2) is 4.80 Å². The van der Waals surface area contributed by atoms with E-state index in [2.05, 4.69) is 21.2 Å². The molecule has 1 aliphatic heterocycles. The number of allylic oxidation sites excluding steroid dienone is 1. The summed E-state index contributed by atoms with van der Waals surface area (Å²) >= 11 is 4.81. The maximum atomic E-state index is 14.2. The molecule has 238 valence electrons. The smallest absolute Gasteiger partial charge is 0.271 e. The third-order valence-corrected chi connectivity index (χ3v) is 9.20. The van der Waals surface area contributed by atoms with Gasteiger partial charge < -0.3 is 19.5 Å². The first kappa shape index (κ1) is 32.0. The van der Waals surface area contributed by atoms with Gasteiger partial charge in [-0.25, -0.2) is 9.38 Å². The Balaban J connectivity index is 1.40. The minimum atomic E-state index is -0.827. The monoisotopic (exact) mass is 713 g/mol. The molecule has 11 heteroatoms. The number of amides is 1. The van der Waals surface area contributed by atoms with Gasteiger partial charge in [0.25, 0.3) is 11.5 Å². The fourth-order valence-electron chi connectivity index (χ4n) is 5.29. The lowest BCUT2D eigenvalue weighted by Gasteiger charge is -2.26. The van der Waals surface area contributed by atoms with Crippen LogP contribution in [-0.4, -0.2) is 24.7 Å². The van der Waals surface area contributed by atoms with Crippen molar-refractivity contribution in [3.63, 3.8) is 0 Å². The van der Waals surface area contributed by atoms with Crippen LogP contribution in [0.4, 0.5) is 10.1 Å². The van der Waals surface area contributed by atoms with E-state index in [4.69, 9.17) is 19.2 Å². The lowest BCUT2D eigenvalue weighted by molar-refractivity contribution is -0.113. The molecule has 0 bridgehead atoms. The van der Waals surface area contributed by atoms with E-state index < -0.39 is 6.04 Å². The van der Waals surface area contributed by atoms with Crippen molar-refractivity contribution < 1.29 is 23.4 Å². The maximum Gasteiger partial charge on any atom is 0.271 e. The number of rotatable bonds is 9. The van der Waals surface area contributed by atoms with Crippen molar-refractivity contribution in [3.8, 4) is 17.2 Å². The van der Waals surface area contributed by atoms with Crippen LogP contribution in [0.5, 0.6) is 17.2 Å². The second kappa shape index (κ2) is 13.8. The van der Waals surface area contributed by atoms with Gasteiger partial charge in [0, 0.05) is 17.3 Å². The third-order valence-electron chi connectivity index (χ3n) is 7.59. The highest BCUT2D eigenvalue weighted by atomic mass is 79.9. The van der Waals surface area contributed by atoms with Crippen LogP contribution in [0.25, 0.3) is 6.08 Å². The number of fused-ring (bicyclic) bond motifs is 1. The molecule has 1 atom stereocenters. The zero-order valence-corrected chi connectivity index (χ0v) is 28.0. The van der Waals surface area contributed by atoms with E-state index in [1.807, 2.05) is 30.3 Å². The maximum absolute atomic E-state index is 14.2. The van der Waals surface area contributed by atoms with Crippen molar-refractivity contribution in [3.05, 3.63) is 149 Å². The van der Waals surface area contributed by atoms with E-state index >= 15 is 0 Å². The quantitative estimate of drug-likeness (QED) is 0.192. The van der Waals surface area contributed by atoms with E-state index in [-0.39, 0.29) is 23.9 Å². The zero-order valence-electron chi connectivity index (χ0n) is 25.6. The van der Waals surface area contributed by atoms with Gasteiger partial charge in [0.2, 0.25) is 0 Å². The molecule has 0 unspecified atom stereocenters. The Morgan fingerprint density at radius 3 is 2.47 bits per heavy atom. The number of hydrogen-bond acceptors (Lipinski definition) is 7. The van der Waals surface area contributed by atoms with Gasteiger partial charge in [0.05, 0.1) is 34.5 Å². The largest absolute Gasteiger partial charge is 0.497 e. The van der Waals surface area contributed by atoms with E-state index in [9.17, 15) is 14.0 Å². The second-order valence-corrected chi connectivity index (χ2v) is 12.5. The molecule has 4 aromatic carbocycles. The van der Waals surface area contributed by atoms with Crippen molar-refractivity contribution in [2.24, 2.45) is 4.99 Å². The molecule has 5 aromatic rings. The van der Waals surface area contributed by atoms with E-state index in [1.54, 1.807) is 73.2 Å². The number of carbonyl (C=O) groups excluding carboxylic acids is 1. The highest BCUT2D eigenvalue weighted by molar-refractivity contribution is 9.10. The number of nitrogens with one attached hydrogen (secondary N) is 1. The number of hydrogen-bond donors (Lipinski definition) is 1. The number of aromatic nitrogens is 1. The highest BCUT2D eigenvalue weighted by Gasteiger charge is 2.34. The average Bonchev–Trinajstić information content (AvgIpc) is 3.38. The number of nitrogens with zero attached hydrogens (tertiary/aromatic N) is 2. The second-order valence-electron chi connectivity index (χ2n) is 10.6. The molecule has 0 saturated heterocycles. The van der Waals surface area contributed by atoms with Gasteiger partial charge in [-0.15, -0.1) is 0 Å². The molecular weight excluding hydrogens is 685 g/mol. The lowest BCUT2D eigenvalue weighted by atomic mass is 9.94. The highest BCUT2D eigenvalue weighted by Crippen LogP contribution is 2.37. The first-order valence-electron chi connectivity index (χ1n) is 14.5. The Morgan fingerprint density at radius 2 is 1.77 bits per heavy atom. The van der Waals surface area contributed by atoms with E-state index in [1.165, 1.54) is 30.6 Å². The van der Waals surface area contributed by atoms with Gasteiger partial charge >= 0.3 is 0 Å². The normalized spacial score (nSPS) is 14.3. The lowest BCUT2D eigenvalue weighted by Crippen LogP contribution is -2.40. The molecule has 8 nitrogen and oxygen atoms in total. The standard InChI is InChI=1S/C36H29BrFN3O5S/c1-21-32(34(42)40-25-7-5-4-6-8-25)33(27-15-14-26(44-2)19-30(27)45-3)41-35(43)31(47-36(41)39-21)18-23-11-16-29(28(37)17-23)46-20-22-9-12-24(38)13-10-22/h4-19,33H,20H2,1-3H3,(H,40,42)/b31-18-/t33-/m1/s1. The Morgan fingerprint density at radius 1 is 1.00 bits per heavy atom. The molecule has 0 aliphatic carbocycles. The fourth-order valence-corrected chi connectivity index (χ4v) is 6.84. The Labute approximate surface area is 282 Å². The summed E-state index contributed by atoms with van der Waals surface area (Å²) in [5, 5.41) is 2.96. The summed E-state index contributed by atoms with van der Waals surface area (Å²) in [4.78, 5) is 33.3. The number of para-hydroxylation sites is 1. The molecule has 47 heavy (non-hydrogen) atoms. The summed E-state index contributed by atoms with van der Waals surface area (Å²) < 4.78 is 33.0. The molecule has 0 saturated carbocycles. The fraction of sp³-hybridized carbons (Fsp3) is 0.139. The summed E-state index contributed by atoms with van der Waals surface area (Å²) in [5.41, 5.74) is 3.32. The van der Waals surface area contributed by atoms with Crippen LogP contribution < -0.4 is 34.4 Å². The third kappa shape index (κ3) is 6.77. The number of carbonyl (C=O) groups is 1. The number of methoxy groups -OCH3 is 2. The molecule has 0 spiro atoms. The van der Waals surface area contributed by atoms with E-state index in [0.29, 0.717) is 53.6 Å². The van der Waals surface area contributed by atoms with Crippen LogP contribution >= 0.6 is 27.3 Å². The summed E-state index contributed by atoms with van der Waals surface area (Å²) in [7, 11) is 3.09. The molecular formula is C36H29BrFN3O5S. The molecule has 1 aliphatic rings. The van der Waals surface area contributed by atoms with Gasteiger partial charge in [-0.1, -0.05) is 47.7 Å². The van der Waals surface area contributed by atoms with Crippen LogP contribution in [-0.2, 0) is 11.4 Å². The topological polar surface area (TPSA) is 91.2 Å². The van der Waals surface area contributed by atoms with Crippen molar-refractivity contribution in [2.45, 2.75) is 19.6 Å². The van der Waals surface area contributed by atoms with Crippen molar-refractivity contribution >= 4 is 44.9 Å². The number of anilines is 1. The van der Waals surface area contributed by atoms with Crippen molar-refractivity contribution in [1.29, 1.82) is 0 Å². The van der Waals surface area contributed by atoms with E-state index in [0.717, 1.165) is 11.1 Å². The van der Waals surface area contributed by atoms with Crippen LogP contribution in [0.3, 0.4) is 0 Å². The summed E-state index contributed by atoms with van der Waals surface area (Å²) in [6.45, 7) is 2.03. The van der Waals surface area contributed by atoms with Crippen molar-refractivity contribution in [2.75, 3.05) is 19.5 Å². The average molecular weight is 715 g/mol. The first-order chi connectivity index (χ1) is 22.7. The number of thiazole rings is 1. The van der Waals surface area contributed by atoms with Crippen LogP contribution in [0.2, 0.25) is 0 Å². The molecule has 1 amide bonds. The number of benzene rings is 4. The summed E-state index contributed by atoms with van der Waals surface area (Å²) in [6, 6.07) is 25.2. The molecule has 0 fully saturated rings. The Bertz CT molecular complexity index is 2180. The van der Waals surface area contributed by atoms with Crippen molar-refractivity contribution in [1.82, 2.24) is 4.57 Å². The predicted molar refractivity (Wildman–Crippen MR) is 183 cm³/mol. The first-order valence-corrected chi connectivity index (χ1v) is 16.1. The Kier molecular flexibility index (Phi) is 9.37. The van der Waals surface area contributed by atoms with Gasteiger partial charge in [-0.2, -0.15) is 0 Å². The number of halogens is 2. The predicted octanol–water partition coefficient (Wildman–Crippen LogP) is 6.37.